The van der Waals surface area contributed by atoms with E-state index in [9.17, 15) is 4.79 Å². The van der Waals surface area contributed by atoms with E-state index in [1.165, 1.54) is 0 Å². The lowest BCUT2D eigenvalue weighted by atomic mass is 9.99. The SMILES string of the molecule is CC(C)(C)OC(=O)N1CCCC(COc2cc(Br)ccc2Cl)C1. The van der Waals surface area contributed by atoms with E-state index < -0.39 is 5.60 Å². The summed E-state index contributed by atoms with van der Waals surface area (Å²) in [6, 6.07) is 5.53. The average molecular weight is 405 g/mol. The molecule has 1 heterocycles. The van der Waals surface area contributed by atoms with Crippen LogP contribution < -0.4 is 4.74 Å². The Morgan fingerprint density at radius 2 is 2.17 bits per heavy atom. The van der Waals surface area contributed by atoms with E-state index in [1.807, 2.05) is 32.9 Å². The Bertz CT molecular complexity index is 559. The van der Waals surface area contributed by atoms with Gasteiger partial charge in [-0.05, 0) is 51.8 Å². The highest BCUT2D eigenvalue weighted by Crippen LogP contribution is 2.29. The van der Waals surface area contributed by atoms with E-state index in [2.05, 4.69) is 15.9 Å². The van der Waals surface area contributed by atoms with E-state index in [4.69, 9.17) is 21.1 Å². The molecule has 1 aromatic rings. The van der Waals surface area contributed by atoms with Gasteiger partial charge in [-0.25, -0.2) is 4.79 Å². The zero-order valence-corrected chi connectivity index (χ0v) is 16.1. The predicted molar refractivity (Wildman–Crippen MR) is 95.2 cm³/mol. The monoisotopic (exact) mass is 403 g/mol. The van der Waals surface area contributed by atoms with Gasteiger partial charge in [-0.1, -0.05) is 27.5 Å². The Morgan fingerprint density at radius 1 is 1.43 bits per heavy atom. The molecule has 1 aliphatic heterocycles. The molecule has 0 spiro atoms. The average Bonchev–Trinajstić information content (AvgIpc) is 2.47. The van der Waals surface area contributed by atoms with Crippen LogP contribution in [0, 0.1) is 5.92 Å². The van der Waals surface area contributed by atoms with Crippen molar-refractivity contribution in [3.05, 3.63) is 27.7 Å². The molecule has 23 heavy (non-hydrogen) atoms. The molecule has 1 unspecified atom stereocenters. The van der Waals surface area contributed by atoms with Crippen LogP contribution in [0.4, 0.5) is 4.79 Å². The molecular weight excluding hydrogens is 382 g/mol. The van der Waals surface area contributed by atoms with Gasteiger partial charge in [-0.15, -0.1) is 0 Å². The number of halogens is 2. The van der Waals surface area contributed by atoms with Crippen molar-refractivity contribution in [1.82, 2.24) is 4.90 Å². The number of ether oxygens (including phenoxy) is 2. The first-order valence-electron chi connectivity index (χ1n) is 7.80. The van der Waals surface area contributed by atoms with Crippen LogP contribution in [0.15, 0.2) is 22.7 Å². The van der Waals surface area contributed by atoms with Crippen molar-refractivity contribution >= 4 is 33.6 Å². The first kappa shape index (κ1) is 18.4. The van der Waals surface area contributed by atoms with Gasteiger partial charge < -0.3 is 14.4 Å². The molecule has 1 aromatic carbocycles. The van der Waals surface area contributed by atoms with Gasteiger partial charge >= 0.3 is 6.09 Å². The van der Waals surface area contributed by atoms with Crippen molar-refractivity contribution in [2.45, 2.75) is 39.2 Å². The van der Waals surface area contributed by atoms with Crippen LogP contribution in [0.2, 0.25) is 5.02 Å². The quantitative estimate of drug-likeness (QED) is 0.701. The lowest BCUT2D eigenvalue weighted by Gasteiger charge is -2.34. The molecule has 128 valence electrons. The minimum Gasteiger partial charge on any atom is -0.492 e. The largest absolute Gasteiger partial charge is 0.492 e. The van der Waals surface area contributed by atoms with Gasteiger partial charge in [-0.3, -0.25) is 0 Å². The Hall–Kier alpha value is -0.940. The second kappa shape index (κ2) is 7.75. The van der Waals surface area contributed by atoms with Crippen LogP contribution in [0.1, 0.15) is 33.6 Å². The van der Waals surface area contributed by atoms with Gasteiger partial charge in [0.1, 0.15) is 11.4 Å². The fourth-order valence-corrected chi connectivity index (χ4v) is 3.00. The number of hydrogen-bond donors (Lipinski definition) is 0. The Morgan fingerprint density at radius 3 is 2.87 bits per heavy atom. The number of nitrogens with zero attached hydrogens (tertiary/aromatic N) is 1. The number of amides is 1. The van der Waals surface area contributed by atoms with E-state index >= 15 is 0 Å². The zero-order valence-electron chi connectivity index (χ0n) is 13.8. The molecular formula is C17H23BrClNO3. The van der Waals surface area contributed by atoms with E-state index in [1.54, 1.807) is 11.0 Å². The molecule has 1 saturated heterocycles. The number of likely N-dealkylation sites (tertiary alicyclic amines) is 1. The third-order valence-corrected chi connectivity index (χ3v) is 4.34. The molecule has 0 saturated carbocycles. The molecule has 6 heteroatoms. The highest BCUT2D eigenvalue weighted by molar-refractivity contribution is 9.10. The van der Waals surface area contributed by atoms with E-state index in [0.29, 0.717) is 23.9 Å². The Balaban J connectivity index is 1.89. The van der Waals surface area contributed by atoms with Crippen molar-refractivity contribution in [3.8, 4) is 5.75 Å². The van der Waals surface area contributed by atoms with Gasteiger partial charge in [0.25, 0.3) is 0 Å². The lowest BCUT2D eigenvalue weighted by molar-refractivity contribution is 0.0139. The summed E-state index contributed by atoms with van der Waals surface area (Å²) in [5.41, 5.74) is -0.468. The minimum absolute atomic E-state index is 0.248. The van der Waals surface area contributed by atoms with E-state index in [-0.39, 0.29) is 12.0 Å². The molecule has 0 aromatic heterocycles. The maximum absolute atomic E-state index is 12.2. The summed E-state index contributed by atoms with van der Waals surface area (Å²) in [6.07, 6.45) is 1.74. The fraction of sp³-hybridized carbons (Fsp3) is 0.588. The van der Waals surface area contributed by atoms with Crippen LogP contribution >= 0.6 is 27.5 Å². The normalized spacial score (nSPS) is 18.7. The van der Waals surface area contributed by atoms with Gasteiger partial charge in [-0.2, -0.15) is 0 Å². The third-order valence-electron chi connectivity index (χ3n) is 3.54. The fourth-order valence-electron chi connectivity index (χ4n) is 2.49. The summed E-state index contributed by atoms with van der Waals surface area (Å²) in [6.45, 7) is 7.57. The van der Waals surface area contributed by atoms with Crippen LogP contribution in [-0.2, 0) is 4.74 Å². The number of piperidine rings is 1. The maximum Gasteiger partial charge on any atom is 0.410 e. The highest BCUT2D eigenvalue weighted by atomic mass is 79.9. The minimum atomic E-state index is -0.468. The van der Waals surface area contributed by atoms with Crippen LogP contribution in [0.5, 0.6) is 5.75 Å². The number of rotatable bonds is 3. The second-order valence-electron chi connectivity index (χ2n) is 6.82. The maximum atomic E-state index is 12.2. The number of carbonyl (C=O) groups is 1. The smallest absolute Gasteiger partial charge is 0.410 e. The summed E-state index contributed by atoms with van der Waals surface area (Å²) in [4.78, 5) is 13.9. The van der Waals surface area contributed by atoms with Crippen molar-refractivity contribution in [2.24, 2.45) is 5.92 Å². The van der Waals surface area contributed by atoms with Gasteiger partial charge in [0.15, 0.2) is 0 Å². The van der Waals surface area contributed by atoms with Crippen molar-refractivity contribution in [3.63, 3.8) is 0 Å². The molecule has 0 bridgehead atoms. The molecule has 1 aliphatic rings. The van der Waals surface area contributed by atoms with Crippen molar-refractivity contribution in [1.29, 1.82) is 0 Å². The van der Waals surface area contributed by atoms with Crippen molar-refractivity contribution < 1.29 is 14.3 Å². The molecule has 0 aliphatic carbocycles. The summed E-state index contributed by atoms with van der Waals surface area (Å²) >= 11 is 9.55. The topological polar surface area (TPSA) is 38.8 Å². The molecule has 1 fully saturated rings. The number of hydrogen-bond acceptors (Lipinski definition) is 3. The van der Waals surface area contributed by atoms with Gasteiger partial charge in [0.2, 0.25) is 0 Å². The van der Waals surface area contributed by atoms with Crippen LogP contribution in [0.3, 0.4) is 0 Å². The van der Waals surface area contributed by atoms with E-state index in [0.717, 1.165) is 23.9 Å². The van der Waals surface area contributed by atoms with Gasteiger partial charge in [0.05, 0.1) is 11.6 Å². The van der Waals surface area contributed by atoms with Gasteiger partial charge in [0, 0.05) is 23.5 Å². The lowest BCUT2D eigenvalue weighted by Crippen LogP contribution is -2.44. The molecule has 4 nitrogen and oxygen atoms in total. The van der Waals surface area contributed by atoms with Crippen LogP contribution in [-0.4, -0.2) is 36.3 Å². The summed E-state index contributed by atoms with van der Waals surface area (Å²) < 4.78 is 12.2. The molecule has 0 N–H and O–H groups in total. The van der Waals surface area contributed by atoms with Crippen LogP contribution in [0.25, 0.3) is 0 Å². The number of benzene rings is 1. The first-order chi connectivity index (χ1) is 10.7. The predicted octanol–water partition coefficient (Wildman–Crippen LogP) is 5.13. The second-order valence-corrected chi connectivity index (χ2v) is 8.14. The summed E-state index contributed by atoms with van der Waals surface area (Å²) in [5.74, 6) is 0.946. The Labute approximate surface area is 151 Å². The zero-order chi connectivity index (χ0) is 17.0. The van der Waals surface area contributed by atoms with Crippen molar-refractivity contribution in [2.75, 3.05) is 19.7 Å². The summed E-state index contributed by atoms with van der Waals surface area (Å²) in [5, 5.41) is 0.591. The summed E-state index contributed by atoms with van der Waals surface area (Å²) in [7, 11) is 0. The highest BCUT2D eigenvalue weighted by Gasteiger charge is 2.28. The third kappa shape index (κ3) is 5.88. The molecule has 1 amide bonds. The molecule has 2 rings (SSSR count). The Kier molecular flexibility index (Phi) is 6.20. The molecule has 1 atom stereocenters. The standard InChI is InChI=1S/C17H23BrClNO3/c1-17(2,3)23-16(21)20-8-4-5-12(10-20)11-22-15-9-13(18)6-7-14(15)19/h6-7,9,12H,4-5,8,10-11H2,1-3H3. The number of carbonyl (C=O) groups excluding carboxylic acids is 1. The first-order valence-corrected chi connectivity index (χ1v) is 8.97. The molecule has 0 radical (unpaired) electrons.